The van der Waals surface area contributed by atoms with Crippen LogP contribution >= 0.6 is 0 Å². The summed E-state index contributed by atoms with van der Waals surface area (Å²) in [6.45, 7) is 4.45. The lowest BCUT2D eigenvalue weighted by Crippen LogP contribution is -3.14. The molecule has 176 valence electrons. The fourth-order valence-corrected chi connectivity index (χ4v) is 4.42. The van der Waals surface area contributed by atoms with Crippen molar-refractivity contribution < 1.29 is 38.2 Å². The Morgan fingerprint density at radius 3 is 2.67 bits per heavy atom. The molecule has 1 aromatic carbocycles. The first-order chi connectivity index (χ1) is 16.0. The fraction of sp³-hybridized carbons (Fsp3) is 0.417. The van der Waals surface area contributed by atoms with Crippen molar-refractivity contribution >= 4 is 11.7 Å². The molecule has 1 atom stereocenters. The molecule has 1 unspecified atom stereocenters. The van der Waals surface area contributed by atoms with Gasteiger partial charge in [0.05, 0.1) is 46.3 Å². The van der Waals surface area contributed by atoms with Gasteiger partial charge >= 0.3 is 0 Å². The molecule has 0 spiro atoms. The number of hydrogen-bond acceptors (Lipinski definition) is 7. The number of Topliss-reactive ketones (excluding diaryl/α,β-unsaturated/α-hetero) is 1. The molecule has 3 heterocycles. The van der Waals surface area contributed by atoms with Crippen LogP contribution in [-0.4, -0.2) is 70.2 Å². The zero-order valence-electron chi connectivity index (χ0n) is 18.8. The summed E-state index contributed by atoms with van der Waals surface area (Å²) in [5.74, 6) is -1.09. The molecule has 1 saturated heterocycles. The smallest absolute Gasteiger partial charge is 0.239 e. The Hall–Kier alpha value is -3.30. The molecule has 9 heteroatoms. The predicted molar refractivity (Wildman–Crippen MR) is 115 cm³/mol. The van der Waals surface area contributed by atoms with Gasteiger partial charge < -0.3 is 33.5 Å². The summed E-state index contributed by atoms with van der Waals surface area (Å²) in [5.41, 5.74) is 0.420. The van der Waals surface area contributed by atoms with Crippen molar-refractivity contribution in [2.45, 2.75) is 12.5 Å². The average molecular weight is 456 g/mol. The number of hydrogen-bond donors (Lipinski definition) is 1. The Labute approximate surface area is 192 Å². The third kappa shape index (κ3) is 4.60. The Bertz CT molecular complexity index is 1030. The van der Waals surface area contributed by atoms with Crippen LogP contribution in [0.2, 0.25) is 0 Å². The lowest BCUT2D eigenvalue weighted by atomic mass is 9.94. The number of ketones is 1. The molecule has 2 aliphatic rings. The number of furan rings is 1. The number of benzene rings is 1. The predicted octanol–water partition coefficient (Wildman–Crippen LogP) is -0.0174. The third-order valence-corrected chi connectivity index (χ3v) is 6.14. The maximum absolute atomic E-state index is 13.2. The second kappa shape index (κ2) is 10.1. The second-order valence-electron chi connectivity index (χ2n) is 8.02. The Balaban J connectivity index is 1.67. The van der Waals surface area contributed by atoms with Crippen molar-refractivity contribution in [3.8, 4) is 11.5 Å². The molecule has 0 bridgehead atoms. The van der Waals surface area contributed by atoms with E-state index in [1.807, 2.05) is 0 Å². The zero-order chi connectivity index (χ0) is 23.4. The van der Waals surface area contributed by atoms with Gasteiger partial charge in [-0.05, 0) is 30.0 Å². The van der Waals surface area contributed by atoms with Crippen molar-refractivity contribution in [3.05, 3.63) is 59.3 Å². The van der Waals surface area contributed by atoms with Crippen LogP contribution in [0.4, 0.5) is 0 Å². The van der Waals surface area contributed by atoms with E-state index in [0.29, 0.717) is 30.0 Å². The maximum atomic E-state index is 13.2. The van der Waals surface area contributed by atoms with Gasteiger partial charge in [-0.25, -0.2) is 0 Å². The molecule has 33 heavy (non-hydrogen) atoms. The number of carbonyl (C=O) groups excluding carboxylic acids is 2. The Kier molecular flexibility index (Phi) is 7.00. The number of carbonyl (C=O) groups is 2. The van der Waals surface area contributed by atoms with E-state index in [0.717, 1.165) is 32.8 Å². The molecule has 0 aliphatic carbocycles. The van der Waals surface area contributed by atoms with Crippen molar-refractivity contribution in [3.63, 3.8) is 0 Å². The molecule has 4 rings (SSSR count). The van der Waals surface area contributed by atoms with E-state index >= 15 is 0 Å². The van der Waals surface area contributed by atoms with Crippen LogP contribution in [0.1, 0.15) is 28.6 Å². The normalized spacial score (nSPS) is 19.3. The van der Waals surface area contributed by atoms with Crippen LogP contribution in [0.15, 0.2) is 52.3 Å². The lowest BCUT2D eigenvalue weighted by molar-refractivity contribution is -0.908. The van der Waals surface area contributed by atoms with Gasteiger partial charge in [0.15, 0.2) is 5.76 Å². The van der Waals surface area contributed by atoms with Crippen LogP contribution in [0, 0.1) is 0 Å². The summed E-state index contributed by atoms with van der Waals surface area (Å²) in [7, 11) is 3.03. The average Bonchev–Trinajstić information content (AvgIpc) is 3.47. The number of morpholine rings is 1. The maximum Gasteiger partial charge on any atom is 0.239 e. The highest BCUT2D eigenvalue weighted by atomic mass is 16.5. The van der Waals surface area contributed by atoms with Crippen LogP contribution in [0.3, 0.4) is 0 Å². The molecule has 1 amide bonds. The number of ether oxygens (including phenoxy) is 3. The summed E-state index contributed by atoms with van der Waals surface area (Å²) in [5, 5.41) is 13.0. The van der Waals surface area contributed by atoms with Crippen LogP contribution in [0.5, 0.6) is 11.5 Å². The van der Waals surface area contributed by atoms with Gasteiger partial charge in [0.25, 0.3) is 0 Å². The van der Waals surface area contributed by atoms with E-state index in [2.05, 4.69) is 0 Å². The number of nitrogens with zero attached hydrogens (tertiary/aromatic N) is 1. The minimum atomic E-state index is -0.872. The minimum Gasteiger partial charge on any atom is -0.868 e. The summed E-state index contributed by atoms with van der Waals surface area (Å²) < 4.78 is 21.5. The van der Waals surface area contributed by atoms with Gasteiger partial charge in [-0.15, -0.1) is 0 Å². The summed E-state index contributed by atoms with van der Waals surface area (Å²) >= 11 is 0. The monoisotopic (exact) mass is 456 g/mol. The van der Waals surface area contributed by atoms with Crippen molar-refractivity contribution in [1.29, 1.82) is 0 Å². The quantitative estimate of drug-likeness (QED) is 0.529. The standard InChI is InChI=1S/C24H28N2O7/c1-30-16-6-7-17(19(15-16)31-2)21-20(22(27)18-5-3-12-33-18)23(28)24(29)26(21)9-4-8-25-10-13-32-14-11-25/h3,5-7,12,15,21,28H,4,8-11,13-14H2,1-2H3. The molecule has 2 aromatic rings. The van der Waals surface area contributed by atoms with Crippen LogP contribution in [0.25, 0.3) is 0 Å². The van der Waals surface area contributed by atoms with Gasteiger partial charge in [0.2, 0.25) is 11.7 Å². The highest BCUT2D eigenvalue weighted by Crippen LogP contribution is 2.42. The van der Waals surface area contributed by atoms with Crippen molar-refractivity contribution in [2.75, 3.05) is 53.6 Å². The topological polar surface area (TPSA) is 106 Å². The van der Waals surface area contributed by atoms with Crippen LogP contribution in [-0.2, 0) is 9.53 Å². The van der Waals surface area contributed by atoms with E-state index in [4.69, 9.17) is 18.6 Å². The second-order valence-corrected chi connectivity index (χ2v) is 8.02. The van der Waals surface area contributed by atoms with E-state index in [9.17, 15) is 14.7 Å². The molecule has 1 aromatic heterocycles. The molecular formula is C24H28N2O7. The molecule has 9 nitrogen and oxygen atoms in total. The SMILES string of the molecule is COc1ccc(C2C(C(=O)c3ccco3)=C([O-])C(=O)N2CCC[NH+]2CCOCC2)c(OC)c1. The summed E-state index contributed by atoms with van der Waals surface area (Å²) in [6, 6.07) is 7.30. The van der Waals surface area contributed by atoms with E-state index in [1.165, 1.54) is 36.3 Å². The number of nitrogens with one attached hydrogen (secondary N) is 1. The lowest BCUT2D eigenvalue weighted by Gasteiger charge is -2.30. The number of quaternary nitrogens is 1. The molecule has 1 N–H and O–H groups in total. The van der Waals surface area contributed by atoms with Crippen molar-refractivity contribution in [1.82, 2.24) is 4.90 Å². The van der Waals surface area contributed by atoms with Crippen LogP contribution < -0.4 is 19.5 Å². The first-order valence-corrected chi connectivity index (χ1v) is 11.0. The highest BCUT2D eigenvalue weighted by molar-refractivity contribution is 6.14. The fourth-order valence-electron chi connectivity index (χ4n) is 4.42. The molecular weight excluding hydrogens is 428 g/mol. The van der Waals surface area contributed by atoms with Gasteiger partial charge in [-0.2, -0.15) is 0 Å². The van der Waals surface area contributed by atoms with E-state index in [-0.39, 0.29) is 11.3 Å². The minimum absolute atomic E-state index is 0.0169. The molecule has 0 saturated carbocycles. The summed E-state index contributed by atoms with van der Waals surface area (Å²) in [6.07, 6.45) is 2.05. The Morgan fingerprint density at radius 2 is 2.00 bits per heavy atom. The largest absolute Gasteiger partial charge is 0.868 e. The van der Waals surface area contributed by atoms with Gasteiger partial charge in [0, 0.05) is 30.2 Å². The third-order valence-electron chi connectivity index (χ3n) is 6.14. The molecule has 1 fully saturated rings. The van der Waals surface area contributed by atoms with Gasteiger partial charge in [0.1, 0.15) is 24.6 Å². The first-order valence-electron chi connectivity index (χ1n) is 11.0. The zero-order valence-corrected chi connectivity index (χ0v) is 18.8. The Morgan fingerprint density at radius 1 is 1.21 bits per heavy atom. The summed E-state index contributed by atoms with van der Waals surface area (Å²) in [4.78, 5) is 29.2. The molecule has 2 aliphatic heterocycles. The molecule has 0 radical (unpaired) electrons. The number of amides is 1. The van der Waals surface area contributed by atoms with E-state index < -0.39 is 23.5 Å². The number of rotatable bonds is 9. The highest BCUT2D eigenvalue weighted by Gasteiger charge is 2.41. The van der Waals surface area contributed by atoms with E-state index in [1.54, 1.807) is 24.3 Å². The first kappa shape index (κ1) is 22.9. The van der Waals surface area contributed by atoms with Crippen molar-refractivity contribution in [2.24, 2.45) is 0 Å². The van der Waals surface area contributed by atoms with Gasteiger partial charge in [-0.1, -0.05) is 0 Å². The number of methoxy groups -OCH3 is 2. The van der Waals surface area contributed by atoms with Gasteiger partial charge in [-0.3, -0.25) is 9.59 Å².